The normalized spacial score (nSPS) is 11.5. The van der Waals surface area contributed by atoms with E-state index in [1.54, 1.807) is 13.8 Å². The molecule has 0 fully saturated rings. The lowest BCUT2D eigenvalue weighted by molar-refractivity contribution is -0.146. The second kappa shape index (κ2) is 5.99. The van der Waals surface area contributed by atoms with E-state index in [1.165, 1.54) is 0 Å². The second-order valence-corrected chi connectivity index (χ2v) is 5.87. The second-order valence-electron chi connectivity index (χ2n) is 5.87. The van der Waals surface area contributed by atoms with Gasteiger partial charge in [0.15, 0.2) is 0 Å². The van der Waals surface area contributed by atoms with Crippen LogP contribution in [0.2, 0.25) is 0 Å². The number of aliphatic carboxylic acids is 1. The van der Waals surface area contributed by atoms with E-state index in [1.807, 2.05) is 24.4 Å². The predicted octanol–water partition coefficient (Wildman–Crippen LogP) is 2.33. The molecule has 3 N–H and O–H groups in total. The minimum Gasteiger partial charge on any atom is -0.481 e. The number of benzene rings is 1. The first-order valence-electron chi connectivity index (χ1n) is 6.94. The molecule has 0 saturated heterocycles. The Bertz CT molecular complexity index is 658. The molecule has 112 valence electrons. The van der Waals surface area contributed by atoms with E-state index in [0.29, 0.717) is 12.8 Å². The van der Waals surface area contributed by atoms with Gasteiger partial charge >= 0.3 is 5.97 Å². The highest BCUT2D eigenvalue weighted by Gasteiger charge is 2.27. The Morgan fingerprint density at radius 1 is 1.29 bits per heavy atom. The third kappa shape index (κ3) is 3.84. The maximum Gasteiger partial charge on any atom is 0.310 e. The lowest BCUT2D eigenvalue weighted by Crippen LogP contribution is -2.38. The summed E-state index contributed by atoms with van der Waals surface area (Å²) < 4.78 is 0. The van der Waals surface area contributed by atoms with Gasteiger partial charge in [-0.1, -0.05) is 6.07 Å². The fourth-order valence-electron chi connectivity index (χ4n) is 2.00. The van der Waals surface area contributed by atoms with Crippen LogP contribution < -0.4 is 5.32 Å². The van der Waals surface area contributed by atoms with Crippen molar-refractivity contribution in [3.8, 4) is 0 Å². The quantitative estimate of drug-likeness (QED) is 0.763. The molecule has 0 aliphatic rings. The topological polar surface area (TPSA) is 82.2 Å². The minimum absolute atomic E-state index is 0.126. The van der Waals surface area contributed by atoms with Gasteiger partial charge in [-0.2, -0.15) is 0 Å². The minimum atomic E-state index is -0.945. The van der Waals surface area contributed by atoms with Crippen LogP contribution in [-0.4, -0.2) is 28.5 Å². The molecule has 5 nitrogen and oxygen atoms in total. The third-order valence-corrected chi connectivity index (χ3v) is 3.56. The molecule has 0 bridgehead atoms. The number of carboxylic acids is 1. The molecular formula is C16H20N2O3. The van der Waals surface area contributed by atoms with Gasteiger partial charge in [0.1, 0.15) is 0 Å². The maximum atomic E-state index is 11.8. The standard InChI is InChI=1S/C16H20N2O3/c1-16(2,15(20)21)10-18-14(19)6-4-11-3-5-13-12(9-11)7-8-17-13/h3,5,7-9,17H,4,6,10H2,1-2H3,(H,18,19)(H,20,21). The van der Waals surface area contributed by atoms with Gasteiger partial charge in [0.05, 0.1) is 5.41 Å². The average Bonchev–Trinajstić information content (AvgIpc) is 2.90. The van der Waals surface area contributed by atoms with Crippen molar-refractivity contribution < 1.29 is 14.7 Å². The summed E-state index contributed by atoms with van der Waals surface area (Å²) >= 11 is 0. The van der Waals surface area contributed by atoms with Gasteiger partial charge in [0, 0.05) is 24.7 Å². The van der Waals surface area contributed by atoms with Crippen molar-refractivity contribution in [2.45, 2.75) is 26.7 Å². The molecule has 1 amide bonds. The Hall–Kier alpha value is -2.30. The number of hydrogen-bond acceptors (Lipinski definition) is 2. The SMILES string of the molecule is CC(C)(CNC(=O)CCc1ccc2[nH]ccc2c1)C(=O)O. The molecule has 0 spiro atoms. The maximum absolute atomic E-state index is 11.8. The van der Waals surface area contributed by atoms with Gasteiger partial charge in [-0.15, -0.1) is 0 Å². The average molecular weight is 288 g/mol. The van der Waals surface area contributed by atoms with Crippen molar-refractivity contribution in [2.24, 2.45) is 5.41 Å². The summed E-state index contributed by atoms with van der Waals surface area (Å²) in [6.45, 7) is 3.32. The van der Waals surface area contributed by atoms with Crippen LogP contribution >= 0.6 is 0 Å². The first kappa shape index (κ1) is 15.1. The Balaban J connectivity index is 1.85. The molecule has 5 heteroatoms. The van der Waals surface area contributed by atoms with Crippen molar-refractivity contribution in [3.63, 3.8) is 0 Å². The van der Waals surface area contributed by atoms with E-state index in [-0.39, 0.29) is 12.5 Å². The van der Waals surface area contributed by atoms with Crippen LogP contribution in [0.3, 0.4) is 0 Å². The molecule has 0 unspecified atom stereocenters. The predicted molar refractivity (Wildman–Crippen MR) is 81.0 cm³/mol. The Labute approximate surface area is 123 Å². The molecule has 1 aromatic heterocycles. The van der Waals surface area contributed by atoms with Crippen LogP contribution in [0.5, 0.6) is 0 Å². The highest BCUT2D eigenvalue weighted by Crippen LogP contribution is 2.16. The molecule has 2 rings (SSSR count). The molecule has 0 atom stereocenters. The number of carbonyl (C=O) groups is 2. The van der Waals surface area contributed by atoms with Crippen LogP contribution in [0, 0.1) is 5.41 Å². The number of amides is 1. The zero-order chi connectivity index (χ0) is 15.5. The fraction of sp³-hybridized carbons (Fsp3) is 0.375. The number of H-pyrrole nitrogens is 1. The van der Waals surface area contributed by atoms with Crippen molar-refractivity contribution in [1.82, 2.24) is 10.3 Å². The number of fused-ring (bicyclic) bond motifs is 1. The monoisotopic (exact) mass is 288 g/mol. The van der Waals surface area contributed by atoms with Crippen LogP contribution in [0.4, 0.5) is 0 Å². The molecule has 1 heterocycles. The Morgan fingerprint density at radius 3 is 2.76 bits per heavy atom. The van der Waals surface area contributed by atoms with Gasteiger partial charge in [-0.3, -0.25) is 9.59 Å². The number of nitrogens with one attached hydrogen (secondary N) is 2. The van der Waals surface area contributed by atoms with E-state index >= 15 is 0 Å². The van der Waals surface area contributed by atoms with Gasteiger partial charge in [0.25, 0.3) is 0 Å². The molecule has 0 saturated carbocycles. The molecule has 0 aliphatic carbocycles. The fourth-order valence-corrected chi connectivity index (χ4v) is 2.00. The number of carbonyl (C=O) groups excluding carboxylic acids is 1. The number of aromatic nitrogens is 1. The van der Waals surface area contributed by atoms with Crippen LogP contribution in [0.1, 0.15) is 25.8 Å². The lowest BCUT2D eigenvalue weighted by atomic mass is 9.94. The summed E-state index contributed by atoms with van der Waals surface area (Å²) in [7, 11) is 0. The van der Waals surface area contributed by atoms with Crippen LogP contribution in [0.15, 0.2) is 30.5 Å². The molecule has 0 aliphatic heterocycles. The molecule has 1 aromatic carbocycles. The van der Waals surface area contributed by atoms with Crippen molar-refractivity contribution >= 4 is 22.8 Å². The summed E-state index contributed by atoms with van der Waals surface area (Å²) in [5.41, 5.74) is 1.22. The number of carboxylic acid groups (broad SMARTS) is 1. The molecular weight excluding hydrogens is 268 g/mol. The molecule has 0 radical (unpaired) electrons. The van der Waals surface area contributed by atoms with Crippen molar-refractivity contribution in [2.75, 3.05) is 6.54 Å². The van der Waals surface area contributed by atoms with Gasteiger partial charge in [0.2, 0.25) is 5.91 Å². The van der Waals surface area contributed by atoms with Gasteiger partial charge in [-0.05, 0) is 49.4 Å². The lowest BCUT2D eigenvalue weighted by Gasteiger charge is -2.19. The zero-order valence-electron chi connectivity index (χ0n) is 12.3. The highest BCUT2D eigenvalue weighted by atomic mass is 16.4. The molecule has 21 heavy (non-hydrogen) atoms. The summed E-state index contributed by atoms with van der Waals surface area (Å²) in [5.74, 6) is -1.04. The number of aryl methyl sites for hydroxylation is 1. The van der Waals surface area contributed by atoms with E-state index in [4.69, 9.17) is 5.11 Å². The molecule has 2 aromatic rings. The van der Waals surface area contributed by atoms with E-state index in [2.05, 4.69) is 16.4 Å². The van der Waals surface area contributed by atoms with E-state index in [0.717, 1.165) is 16.5 Å². The van der Waals surface area contributed by atoms with Crippen LogP contribution in [-0.2, 0) is 16.0 Å². The Kier molecular flexibility index (Phi) is 4.31. The third-order valence-electron chi connectivity index (χ3n) is 3.56. The summed E-state index contributed by atoms with van der Waals surface area (Å²) in [6, 6.07) is 8.04. The summed E-state index contributed by atoms with van der Waals surface area (Å²) in [4.78, 5) is 25.9. The number of rotatable bonds is 6. The van der Waals surface area contributed by atoms with Gasteiger partial charge in [-0.25, -0.2) is 0 Å². The van der Waals surface area contributed by atoms with Gasteiger partial charge < -0.3 is 15.4 Å². The summed E-state index contributed by atoms with van der Waals surface area (Å²) in [6.07, 6.45) is 2.88. The number of aromatic amines is 1. The summed E-state index contributed by atoms with van der Waals surface area (Å²) in [5, 5.41) is 12.8. The highest BCUT2D eigenvalue weighted by molar-refractivity contribution is 5.81. The largest absolute Gasteiger partial charge is 0.481 e. The number of hydrogen-bond donors (Lipinski definition) is 3. The smallest absolute Gasteiger partial charge is 0.310 e. The van der Waals surface area contributed by atoms with Crippen molar-refractivity contribution in [3.05, 3.63) is 36.0 Å². The van der Waals surface area contributed by atoms with E-state index < -0.39 is 11.4 Å². The zero-order valence-corrected chi connectivity index (χ0v) is 12.3. The first-order valence-corrected chi connectivity index (χ1v) is 6.94. The van der Waals surface area contributed by atoms with E-state index in [9.17, 15) is 9.59 Å². The first-order chi connectivity index (χ1) is 9.88. The van der Waals surface area contributed by atoms with Crippen molar-refractivity contribution in [1.29, 1.82) is 0 Å². The van der Waals surface area contributed by atoms with Crippen LogP contribution in [0.25, 0.3) is 10.9 Å². The Morgan fingerprint density at radius 2 is 2.05 bits per heavy atom.